The van der Waals surface area contributed by atoms with Crippen molar-refractivity contribution in [3.63, 3.8) is 0 Å². The normalized spacial score (nSPS) is 14.1. The maximum Gasteiger partial charge on any atom is 0.262 e. The van der Waals surface area contributed by atoms with E-state index in [1.807, 2.05) is 6.07 Å². The highest BCUT2D eigenvalue weighted by Gasteiger charge is 2.32. The fourth-order valence-corrected chi connectivity index (χ4v) is 3.44. The molecule has 4 rings (SSSR count). The molecular formula is C26H18F2N2O3. The van der Waals surface area contributed by atoms with E-state index in [0.29, 0.717) is 29.1 Å². The minimum atomic E-state index is -1.06. The molecule has 5 nitrogen and oxygen atoms in total. The van der Waals surface area contributed by atoms with Crippen LogP contribution in [0.2, 0.25) is 0 Å². The van der Waals surface area contributed by atoms with E-state index in [-0.39, 0.29) is 11.1 Å². The molecule has 0 saturated heterocycles. The summed E-state index contributed by atoms with van der Waals surface area (Å²) >= 11 is 0. The number of pyridine rings is 1. The van der Waals surface area contributed by atoms with Crippen molar-refractivity contribution in [2.24, 2.45) is 0 Å². The molecule has 0 unspecified atom stereocenters. The number of rotatable bonds is 3. The molecule has 0 saturated carbocycles. The van der Waals surface area contributed by atoms with Crippen LogP contribution in [0.1, 0.15) is 27.0 Å². The number of Topliss-reactive ketones (excluding diaryl/α,β-unsaturated/α-hetero) is 1. The molecule has 0 bridgehead atoms. The largest absolute Gasteiger partial charge is 0.481 e. The molecule has 0 spiro atoms. The van der Waals surface area contributed by atoms with Crippen LogP contribution < -0.4 is 9.64 Å². The standard InChI is InChI=1S/C26H18F2N2O3/c1-30-23-9-7-16(4-3-5-17-10-11-29-24(15-17)33-2)12-19(23)25(31)20(26(30)32)13-18-6-8-21(27)22(28)14-18/h6-15H,5H2,1-2H3. The Kier molecular flexibility index (Phi) is 6.01. The average Bonchev–Trinajstić information content (AvgIpc) is 2.82. The number of anilines is 1. The molecule has 1 amide bonds. The lowest BCUT2D eigenvalue weighted by atomic mass is 9.92. The van der Waals surface area contributed by atoms with Crippen molar-refractivity contribution in [2.75, 3.05) is 19.1 Å². The van der Waals surface area contributed by atoms with Crippen LogP contribution in [0.4, 0.5) is 14.5 Å². The highest BCUT2D eigenvalue weighted by atomic mass is 19.2. The van der Waals surface area contributed by atoms with Crippen LogP contribution in [-0.4, -0.2) is 30.8 Å². The van der Waals surface area contributed by atoms with Gasteiger partial charge in [0.05, 0.1) is 18.4 Å². The van der Waals surface area contributed by atoms with Gasteiger partial charge in [0.2, 0.25) is 11.7 Å². The second-order valence-corrected chi connectivity index (χ2v) is 7.34. The number of amides is 1. The fourth-order valence-electron chi connectivity index (χ4n) is 3.44. The Balaban J connectivity index is 1.64. The number of methoxy groups -OCH3 is 1. The van der Waals surface area contributed by atoms with Crippen LogP contribution in [0.3, 0.4) is 0 Å². The van der Waals surface area contributed by atoms with E-state index >= 15 is 0 Å². The number of fused-ring (bicyclic) bond motifs is 1. The lowest BCUT2D eigenvalue weighted by Crippen LogP contribution is -2.36. The second-order valence-electron chi connectivity index (χ2n) is 7.34. The predicted molar refractivity (Wildman–Crippen MR) is 120 cm³/mol. The molecule has 1 aliphatic rings. The lowest BCUT2D eigenvalue weighted by molar-refractivity contribution is -0.114. The van der Waals surface area contributed by atoms with Crippen molar-refractivity contribution < 1.29 is 23.1 Å². The minimum absolute atomic E-state index is 0.134. The molecule has 0 N–H and O–H groups in total. The van der Waals surface area contributed by atoms with Crippen molar-refractivity contribution in [1.29, 1.82) is 0 Å². The molecule has 2 heterocycles. The molecule has 2 aromatic carbocycles. The smallest absolute Gasteiger partial charge is 0.262 e. The molecular weight excluding hydrogens is 426 g/mol. The Bertz CT molecular complexity index is 1370. The third-order valence-electron chi connectivity index (χ3n) is 5.17. The molecule has 1 aromatic heterocycles. The molecule has 164 valence electrons. The van der Waals surface area contributed by atoms with Gasteiger partial charge in [-0.1, -0.05) is 17.9 Å². The van der Waals surface area contributed by atoms with Gasteiger partial charge in [-0.15, -0.1) is 0 Å². The summed E-state index contributed by atoms with van der Waals surface area (Å²) in [4.78, 5) is 31.2. The van der Waals surface area contributed by atoms with Gasteiger partial charge in [0.1, 0.15) is 0 Å². The number of carbonyl (C=O) groups excluding carboxylic acids is 2. The number of nitrogens with zero attached hydrogens (tertiary/aromatic N) is 2. The number of benzene rings is 2. The van der Waals surface area contributed by atoms with E-state index in [9.17, 15) is 18.4 Å². The number of aromatic nitrogens is 1. The summed E-state index contributed by atoms with van der Waals surface area (Å²) in [7, 11) is 3.09. The Morgan fingerprint density at radius 3 is 2.64 bits per heavy atom. The van der Waals surface area contributed by atoms with Crippen LogP contribution in [0.15, 0.2) is 60.3 Å². The highest BCUT2D eigenvalue weighted by molar-refractivity contribution is 6.36. The van der Waals surface area contributed by atoms with Crippen LogP contribution in [0.5, 0.6) is 5.88 Å². The first-order valence-electron chi connectivity index (χ1n) is 9.98. The van der Waals surface area contributed by atoms with E-state index in [2.05, 4.69) is 16.8 Å². The number of halogens is 2. The van der Waals surface area contributed by atoms with E-state index in [4.69, 9.17) is 4.74 Å². The van der Waals surface area contributed by atoms with E-state index < -0.39 is 23.3 Å². The molecule has 0 radical (unpaired) electrons. The number of hydrogen-bond donors (Lipinski definition) is 0. The van der Waals surface area contributed by atoms with Gasteiger partial charge in [-0.25, -0.2) is 13.8 Å². The average molecular weight is 444 g/mol. The molecule has 33 heavy (non-hydrogen) atoms. The van der Waals surface area contributed by atoms with Gasteiger partial charge in [0.25, 0.3) is 5.91 Å². The van der Waals surface area contributed by atoms with E-state index in [0.717, 1.165) is 17.7 Å². The van der Waals surface area contributed by atoms with Gasteiger partial charge in [-0.2, -0.15) is 0 Å². The molecule has 0 fully saturated rings. The number of hydrogen-bond acceptors (Lipinski definition) is 4. The maximum atomic E-state index is 13.6. The van der Waals surface area contributed by atoms with E-state index in [1.165, 1.54) is 17.0 Å². The van der Waals surface area contributed by atoms with Gasteiger partial charge < -0.3 is 9.64 Å². The number of carbonyl (C=O) groups is 2. The monoisotopic (exact) mass is 444 g/mol. The fraction of sp³-hybridized carbons (Fsp3) is 0.115. The number of ketones is 1. The minimum Gasteiger partial charge on any atom is -0.481 e. The zero-order valence-corrected chi connectivity index (χ0v) is 17.9. The topological polar surface area (TPSA) is 59.5 Å². The zero-order valence-electron chi connectivity index (χ0n) is 17.9. The Morgan fingerprint density at radius 2 is 1.88 bits per heavy atom. The maximum absolute atomic E-state index is 13.6. The number of likely N-dealkylation sites (N-methyl/N-ethyl adjacent to an activating group) is 1. The Morgan fingerprint density at radius 1 is 1.06 bits per heavy atom. The summed E-state index contributed by atoms with van der Waals surface area (Å²) in [6.07, 6.45) is 3.37. The molecule has 0 aliphatic carbocycles. The Hall–Kier alpha value is -4.31. The summed E-state index contributed by atoms with van der Waals surface area (Å²) in [5.74, 6) is 3.50. The lowest BCUT2D eigenvalue weighted by Gasteiger charge is -2.26. The van der Waals surface area contributed by atoms with Crippen LogP contribution in [0, 0.1) is 23.5 Å². The van der Waals surface area contributed by atoms with Crippen LogP contribution in [0.25, 0.3) is 6.08 Å². The van der Waals surface area contributed by atoms with Crippen LogP contribution in [-0.2, 0) is 11.2 Å². The first-order chi connectivity index (χ1) is 15.9. The summed E-state index contributed by atoms with van der Waals surface area (Å²) in [5.41, 5.74) is 2.39. The van der Waals surface area contributed by atoms with Gasteiger partial charge in [-0.3, -0.25) is 9.59 Å². The van der Waals surface area contributed by atoms with Crippen LogP contribution >= 0.6 is 0 Å². The third-order valence-corrected chi connectivity index (χ3v) is 5.17. The van der Waals surface area contributed by atoms with Crippen molar-refractivity contribution in [3.05, 3.63) is 94.2 Å². The van der Waals surface area contributed by atoms with Crippen molar-refractivity contribution in [3.8, 4) is 17.7 Å². The van der Waals surface area contributed by atoms with Gasteiger partial charge in [0, 0.05) is 36.9 Å². The van der Waals surface area contributed by atoms with Gasteiger partial charge >= 0.3 is 0 Å². The molecule has 7 heteroatoms. The predicted octanol–water partition coefficient (Wildman–Crippen LogP) is 4.21. The first-order valence-corrected chi connectivity index (χ1v) is 9.98. The molecule has 3 aromatic rings. The van der Waals surface area contributed by atoms with Crippen molar-refractivity contribution >= 4 is 23.5 Å². The quantitative estimate of drug-likeness (QED) is 0.345. The summed E-state index contributed by atoms with van der Waals surface area (Å²) in [5, 5.41) is 0. The van der Waals surface area contributed by atoms with Crippen molar-refractivity contribution in [1.82, 2.24) is 4.98 Å². The highest BCUT2D eigenvalue weighted by Crippen LogP contribution is 2.31. The summed E-state index contributed by atoms with van der Waals surface area (Å²) in [6.45, 7) is 0. The van der Waals surface area contributed by atoms with E-state index in [1.54, 1.807) is 44.6 Å². The van der Waals surface area contributed by atoms with Gasteiger partial charge in [-0.05, 0) is 53.6 Å². The summed E-state index contributed by atoms with van der Waals surface area (Å²) in [6, 6.07) is 11.8. The zero-order chi connectivity index (χ0) is 23.5. The Labute approximate surface area is 189 Å². The molecule has 0 atom stereocenters. The SMILES string of the molecule is COc1cc(CC#Cc2ccc3c(c2)C(=O)C(=Cc2ccc(F)c(F)c2)C(=O)N3C)ccn1. The molecule has 1 aliphatic heterocycles. The summed E-state index contributed by atoms with van der Waals surface area (Å²) < 4.78 is 31.9. The first kappa shape index (κ1) is 21.9. The number of ether oxygens (including phenoxy) is 1. The van der Waals surface area contributed by atoms with Gasteiger partial charge in [0.15, 0.2) is 11.6 Å². The van der Waals surface area contributed by atoms with Crippen molar-refractivity contribution in [2.45, 2.75) is 6.42 Å². The second kappa shape index (κ2) is 9.05. The third kappa shape index (κ3) is 4.51.